The Balaban J connectivity index is 2.24. The molecule has 0 radical (unpaired) electrons. The molecular formula is C14H13NO3. The van der Waals surface area contributed by atoms with Gasteiger partial charge in [-0.2, -0.15) is 0 Å². The largest absolute Gasteiger partial charge is 0.478 e. The Morgan fingerprint density at radius 1 is 1.22 bits per heavy atom. The van der Waals surface area contributed by atoms with Gasteiger partial charge in [0.1, 0.15) is 11.5 Å². The molecule has 4 heteroatoms. The number of benzene rings is 1. The van der Waals surface area contributed by atoms with E-state index in [0.29, 0.717) is 11.5 Å². The normalized spacial score (nSPS) is 10.1. The number of aromatic carboxylic acids is 1. The molecule has 0 saturated carbocycles. The third kappa shape index (κ3) is 2.66. The summed E-state index contributed by atoms with van der Waals surface area (Å²) in [5.74, 6) is 0.319. The summed E-state index contributed by atoms with van der Waals surface area (Å²) in [4.78, 5) is 14.9. The van der Waals surface area contributed by atoms with Gasteiger partial charge in [0.15, 0.2) is 0 Å². The lowest BCUT2D eigenvalue weighted by atomic mass is 10.1. The Kier molecular flexibility index (Phi) is 3.28. The van der Waals surface area contributed by atoms with Gasteiger partial charge in [0.25, 0.3) is 0 Å². The van der Waals surface area contributed by atoms with Gasteiger partial charge in [-0.05, 0) is 49.7 Å². The van der Waals surface area contributed by atoms with E-state index in [1.165, 1.54) is 6.07 Å². The van der Waals surface area contributed by atoms with Crippen LogP contribution >= 0.6 is 0 Å². The van der Waals surface area contributed by atoms with Gasteiger partial charge in [-0.25, -0.2) is 4.79 Å². The molecule has 2 aromatic rings. The van der Waals surface area contributed by atoms with Gasteiger partial charge in [0.05, 0.1) is 11.8 Å². The smallest absolute Gasteiger partial charge is 0.335 e. The Labute approximate surface area is 105 Å². The zero-order valence-electron chi connectivity index (χ0n) is 10.2. The highest BCUT2D eigenvalue weighted by Crippen LogP contribution is 2.25. The van der Waals surface area contributed by atoms with Crippen LogP contribution in [0.2, 0.25) is 0 Å². The summed E-state index contributed by atoms with van der Waals surface area (Å²) < 4.78 is 5.64. The molecule has 0 amide bonds. The van der Waals surface area contributed by atoms with Gasteiger partial charge >= 0.3 is 5.97 Å². The zero-order valence-corrected chi connectivity index (χ0v) is 10.2. The molecule has 18 heavy (non-hydrogen) atoms. The van der Waals surface area contributed by atoms with E-state index >= 15 is 0 Å². The van der Waals surface area contributed by atoms with Crippen LogP contribution in [0.4, 0.5) is 0 Å². The van der Waals surface area contributed by atoms with Crippen LogP contribution < -0.4 is 4.74 Å². The fourth-order valence-corrected chi connectivity index (χ4v) is 1.54. The quantitative estimate of drug-likeness (QED) is 0.899. The second-order valence-electron chi connectivity index (χ2n) is 4.02. The van der Waals surface area contributed by atoms with Crippen LogP contribution in [-0.2, 0) is 0 Å². The Bertz CT molecular complexity index is 576. The summed E-state index contributed by atoms with van der Waals surface area (Å²) in [6.45, 7) is 3.71. The molecule has 0 aliphatic carbocycles. The third-order valence-electron chi connectivity index (χ3n) is 2.53. The van der Waals surface area contributed by atoms with E-state index in [9.17, 15) is 4.79 Å². The minimum Gasteiger partial charge on any atom is -0.478 e. The molecule has 4 nitrogen and oxygen atoms in total. The molecule has 0 atom stereocenters. The lowest BCUT2D eigenvalue weighted by Crippen LogP contribution is -1.97. The summed E-state index contributed by atoms with van der Waals surface area (Å²) in [7, 11) is 0. The summed E-state index contributed by atoms with van der Waals surface area (Å²) >= 11 is 0. The SMILES string of the molecule is Cc1ccc(Oc2ccc(C(=O)O)cc2C)cn1. The van der Waals surface area contributed by atoms with Crippen LogP contribution in [0.1, 0.15) is 21.6 Å². The van der Waals surface area contributed by atoms with E-state index in [2.05, 4.69) is 4.98 Å². The summed E-state index contributed by atoms with van der Waals surface area (Å²) in [6.07, 6.45) is 1.64. The second-order valence-corrected chi connectivity index (χ2v) is 4.02. The number of nitrogens with zero attached hydrogens (tertiary/aromatic N) is 1. The van der Waals surface area contributed by atoms with Gasteiger partial charge in [-0.3, -0.25) is 4.98 Å². The van der Waals surface area contributed by atoms with Crippen molar-refractivity contribution in [1.29, 1.82) is 0 Å². The number of aromatic nitrogens is 1. The Morgan fingerprint density at radius 2 is 2.00 bits per heavy atom. The van der Waals surface area contributed by atoms with Crippen LogP contribution in [-0.4, -0.2) is 16.1 Å². The number of aryl methyl sites for hydroxylation is 2. The standard InChI is InChI=1S/C14H13NO3/c1-9-7-11(14(16)17)4-6-13(9)18-12-5-3-10(2)15-8-12/h3-8H,1-2H3,(H,16,17). The molecule has 1 aromatic heterocycles. The second kappa shape index (κ2) is 4.87. The number of carboxylic acid groups (broad SMARTS) is 1. The van der Waals surface area contributed by atoms with Gasteiger partial charge in [-0.15, -0.1) is 0 Å². The number of rotatable bonds is 3. The number of pyridine rings is 1. The van der Waals surface area contributed by atoms with Crippen molar-refractivity contribution in [1.82, 2.24) is 4.98 Å². The predicted molar refractivity (Wildman–Crippen MR) is 67.2 cm³/mol. The molecule has 0 spiro atoms. The maximum Gasteiger partial charge on any atom is 0.335 e. The lowest BCUT2D eigenvalue weighted by Gasteiger charge is -2.09. The first-order chi connectivity index (χ1) is 8.56. The first kappa shape index (κ1) is 12.1. The maximum atomic E-state index is 10.8. The number of hydrogen-bond acceptors (Lipinski definition) is 3. The Morgan fingerprint density at radius 3 is 2.56 bits per heavy atom. The van der Waals surface area contributed by atoms with Gasteiger partial charge in [0.2, 0.25) is 0 Å². The topological polar surface area (TPSA) is 59.4 Å². The molecule has 0 saturated heterocycles. The fourth-order valence-electron chi connectivity index (χ4n) is 1.54. The number of carbonyl (C=O) groups is 1. The Hall–Kier alpha value is -2.36. The molecule has 92 valence electrons. The minimum absolute atomic E-state index is 0.252. The van der Waals surface area contributed by atoms with Crippen LogP contribution in [0, 0.1) is 13.8 Å². The molecule has 0 bridgehead atoms. The molecule has 2 rings (SSSR count). The molecule has 0 fully saturated rings. The third-order valence-corrected chi connectivity index (χ3v) is 2.53. The summed E-state index contributed by atoms with van der Waals surface area (Å²) in [5, 5.41) is 8.87. The molecular weight excluding hydrogens is 230 g/mol. The van der Waals surface area contributed by atoms with Crippen LogP contribution in [0.3, 0.4) is 0 Å². The van der Waals surface area contributed by atoms with Gasteiger partial charge in [-0.1, -0.05) is 0 Å². The average molecular weight is 243 g/mol. The number of hydrogen-bond donors (Lipinski definition) is 1. The lowest BCUT2D eigenvalue weighted by molar-refractivity contribution is 0.0697. The van der Waals surface area contributed by atoms with Crippen molar-refractivity contribution < 1.29 is 14.6 Å². The molecule has 1 N–H and O–H groups in total. The van der Waals surface area contributed by atoms with Crippen LogP contribution in [0.5, 0.6) is 11.5 Å². The zero-order chi connectivity index (χ0) is 13.1. The monoisotopic (exact) mass is 243 g/mol. The van der Waals surface area contributed by atoms with Crippen molar-refractivity contribution in [3.05, 3.63) is 53.3 Å². The highest BCUT2D eigenvalue weighted by atomic mass is 16.5. The molecule has 1 aromatic carbocycles. The van der Waals surface area contributed by atoms with Crippen LogP contribution in [0.25, 0.3) is 0 Å². The number of carboxylic acids is 1. The van der Waals surface area contributed by atoms with E-state index in [0.717, 1.165) is 11.3 Å². The average Bonchev–Trinajstić information content (AvgIpc) is 2.34. The number of ether oxygens (including phenoxy) is 1. The van der Waals surface area contributed by atoms with Crippen molar-refractivity contribution in [3.8, 4) is 11.5 Å². The van der Waals surface area contributed by atoms with Crippen molar-refractivity contribution in [2.75, 3.05) is 0 Å². The first-order valence-electron chi connectivity index (χ1n) is 5.51. The van der Waals surface area contributed by atoms with E-state index in [4.69, 9.17) is 9.84 Å². The molecule has 1 heterocycles. The van der Waals surface area contributed by atoms with Gasteiger partial charge in [0, 0.05) is 5.69 Å². The van der Waals surface area contributed by atoms with Crippen LogP contribution in [0.15, 0.2) is 36.5 Å². The van der Waals surface area contributed by atoms with Crippen molar-refractivity contribution in [3.63, 3.8) is 0 Å². The molecule has 0 aliphatic heterocycles. The van der Waals surface area contributed by atoms with E-state index < -0.39 is 5.97 Å². The molecule has 0 unspecified atom stereocenters. The molecule has 0 aliphatic rings. The summed E-state index contributed by atoms with van der Waals surface area (Å²) in [6, 6.07) is 8.44. The van der Waals surface area contributed by atoms with E-state index in [-0.39, 0.29) is 5.56 Å². The van der Waals surface area contributed by atoms with E-state index in [1.54, 1.807) is 18.3 Å². The minimum atomic E-state index is -0.943. The van der Waals surface area contributed by atoms with Crippen molar-refractivity contribution >= 4 is 5.97 Å². The predicted octanol–water partition coefficient (Wildman–Crippen LogP) is 3.19. The van der Waals surface area contributed by atoms with Crippen molar-refractivity contribution in [2.45, 2.75) is 13.8 Å². The summed E-state index contributed by atoms with van der Waals surface area (Å²) in [5.41, 5.74) is 1.94. The highest BCUT2D eigenvalue weighted by molar-refractivity contribution is 5.88. The maximum absolute atomic E-state index is 10.8. The van der Waals surface area contributed by atoms with Gasteiger partial charge < -0.3 is 9.84 Å². The fraction of sp³-hybridized carbons (Fsp3) is 0.143. The first-order valence-corrected chi connectivity index (χ1v) is 5.51. The van der Waals surface area contributed by atoms with E-state index in [1.807, 2.05) is 26.0 Å². The van der Waals surface area contributed by atoms with Crippen molar-refractivity contribution in [2.24, 2.45) is 0 Å². The highest BCUT2D eigenvalue weighted by Gasteiger charge is 2.07.